The third kappa shape index (κ3) is 2.95. The Bertz CT molecular complexity index is 286. The summed E-state index contributed by atoms with van der Waals surface area (Å²) >= 11 is 3.36. The maximum Gasteiger partial charge on any atom is 0.223 e. The van der Waals surface area contributed by atoms with E-state index < -0.39 is 0 Å². The minimum Gasteiger partial charge on any atom is -0.354 e. The highest BCUT2D eigenvalue weighted by atomic mass is 79.9. The van der Waals surface area contributed by atoms with Crippen molar-refractivity contribution in [3.63, 3.8) is 0 Å². The van der Waals surface area contributed by atoms with E-state index in [1.54, 1.807) is 0 Å². The number of anilines is 1. The lowest BCUT2D eigenvalue weighted by atomic mass is 10.1. The van der Waals surface area contributed by atoms with Gasteiger partial charge in [0.05, 0.1) is 0 Å². The second-order valence-corrected chi connectivity index (χ2v) is 3.94. The van der Waals surface area contributed by atoms with Gasteiger partial charge in [-0.15, -0.1) is 0 Å². The Morgan fingerprint density at radius 2 is 2.15 bits per heavy atom. The van der Waals surface area contributed by atoms with Crippen LogP contribution in [-0.2, 0) is 0 Å². The molecule has 0 saturated carbocycles. The van der Waals surface area contributed by atoms with Crippen molar-refractivity contribution < 1.29 is 0 Å². The highest BCUT2D eigenvalue weighted by molar-refractivity contribution is 9.10. The molecule has 3 nitrogen and oxygen atoms in total. The molecule has 0 bridgehead atoms. The molecule has 0 aliphatic heterocycles. The molecular formula is C9H14BrN3. The summed E-state index contributed by atoms with van der Waals surface area (Å²) in [6, 6.07) is 1.95. The van der Waals surface area contributed by atoms with Gasteiger partial charge in [-0.25, -0.2) is 9.97 Å². The van der Waals surface area contributed by atoms with Crippen LogP contribution in [0.25, 0.3) is 0 Å². The SMILES string of the molecule is CCNc1nc(Br)cc(C(C)C)n1. The van der Waals surface area contributed by atoms with E-state index >= 15 is 0 Å². The van der Waals surface area contributed by atoms with Crippen molar-refractivity contribution in [2.75, 3.05) is 11.9 Å². The summed E-state index contributed by atoms with van der Waals surface area (Å²) in [5.74, 6) is 1.12. The third-order valence-corrected chi connectivity index (χ3v) is 2.05. The van der Waals surface area contributed by atoms with Crippen LogP contribution in [0, 0.1) is 0 Å². The van der Waals surface area contributed by atoms with E-state index in [0.717, 1.165) is 16.8 Å². The van der Waals surface area contributed by atoms with Crippen LogP contribution in [0.15, 0.2) is 10.7 Å². The number of hydrogen-bond donors (Lipinski definition) is 1. The molecule has 0 saturated heterocycles. The number of halogens is 1. The Labute approximate surface area is 87.1 Å². The van der Waals surface area contributed by atoms with Gasteiger partial charge in [-0.3, -0.25) is 0 Å². The largest absolute Gasteiger partial charge is 0.354 e. The first-order chi connectivity index (χ1) is 6.13. The summed E-state index contributed by atoms with van der Waals surface area (Å²) in [5.41, 5.74) is 1.05. The molecule has 1 N–H and O–H groups in total. The lowest BCUT2D eigenvalue weighted by Gasteiger charge is -2.07. The van der Waals surface area contributed by atoms with Crippen molar-refractivity contribution >= 4 is 21.9 Å². The number of rotatable bonds is 3. The van der Waals surface area contributed by atoms with E-state index in [9.17, 15) is 0 Å². The van der Waals surface area contributed by atoms with E-state index in [-0.39, 0.29) is 0 Å². The number of nitrogens with one attached hydrogen (secondary N) is 1. The maximum absolute atomic E-state index is 4.37. The summed E-state index contributed by atoms with van der Waals surface area (Å²) in [6.45, 7) is 7.10. The van der Waals surface area contributed by atoms with Crippen LogP contribution in [0.1, 0.15) is 32.4 Å². The molecule has 1 aromatic heterocycles. The van der Waals surface area contributed by atoms with Crippen LogP contribution in [-0.4, -0.2) is 16.5 Å². The molecule has 72 valence electrons. The molecule has 0 spiro atoms. The van der Waals surface area contributed by atoms with Gasteiger partial charge in [0.15, 0.2) is 0 Å². The van der Waals surface area contributed by atoms with Crippen molar-refractivity contribution in [1.82, 2.24) is 9.97 Å². The van der Waals surface area contributed by atoms with Crippen molar-refractivity contribution in [1.29, 1.82) is 0 Å². The molecule has 0 aliphatic carbocycles. The maximum atomic E-state index is 4.37. The Kier molecular flexibility index (Phi) is 3.66. The zero-order valence-corrected chi connectivity index (χ0v) is 9.72. The van der Waals surface area contributed by atoms with Crippen LogP contribution < -0.4 is 5.32 Å². The van der Waals surface area contributed by atoms with E-state index in [2.05, 4.69) is 45.1 Å². The van der Waals surface area contributed by atoms with Gasteiger partial charge < -0.3 is 5.32 Å². The van der Waals surface area contributed by atoms with Gasteiger partial charge >= 0.3 is 0 Å². The zero-order chi connectivity index (χ0) is 9.84. The van der Waals surface area contributed by atoms with Gasteiger partial charge in [-0.2, -0.15) is 0 Å². The monoisotopic (exact) mass is 243 g/mol. The number of nitrogens with zero attached hydrogens (tertiary/aromatic N) is 2. The first-order valence-electron chi connectivity index (χ1n) is 4.41. The molecule has 1 heterocycles. The predicted octanol–water partition coefficient (Wildman–Crippen LogP) is 2.79. The van der Waals surface area contributed by atoms with Gasteiger partial charge in [-0.05, 0) is 34.8 Å². The summed E-state index contributed by atoms with van der Waals surface area (Å²) in [6.07, 6.45) is 0. The summed E-state index contributed by atoms with van der Waals surface area (Å²) in [7, 11) is 0. The van der Waals surface area contributed by atoms with Crippen molar-refractivity contribution in [2.45, 2.75) is 26.7 Å². The lowest BCUT2D eigenvalue weighted by Crippen LogP contribution is -2.05. The summed E-state index contributed by atoms with van der Waals surface area (Å²) in [5, 5.41) is 3.09. The van der Waals surface area contributed by atoms with Crippen LogP contribution in [0.4, 0.5) is 5.95 Å². The van der Waals surface area contributed by atoms with Gasteiger partial charge in [0, 0.05) is 12.2 Å². The van der Waals surface area contributed by atoms with E-state index in [0.29, 0.717) is 11.9 Å². The van der Waals surface area contributed by atoms with E-state index in [1.807, 2.05) is 13.0 Å². The fourth-order valence-electron chi connectivity index (χ4n) is 0.968. The van der Waals surface area contributed by atoms with Crippen molar-refractivity contribution in [2.24, 2.45) is 0 Å². The highest BCUT2D eigenvalue weighted by Crippen LogP contribution is 2.17. The van der Waals surface area contributed by atoms with Crippen LogP contribution in [0.2, 0.25) is 0 Å². The van der Waals surface area contributed by atoms with E-state index in [1.165, 1.54) is 0 Å². The number of aromatic nitrogens is 2. The molecule has 0 aliphatic rings. The smallest absolute Gasteiger partial charge is 0.223 e. The first kappa shape index (κ1) is 10.4. The average Bonchev–Trinajstić information content (AvgIpc) is 2.03. The molecule has 0 aromatic carbocycles. The Hall–Kier alpha value is -0.640. The standard InChI is InChI=1S/C9H14BrN3/c1-4-11-9-12-7(6(2)3)5-8(10)13-9/h5-6H,4H2,1-3H3,(H,11,12,13). The van der Waals surface area contributed by atoms with Gasteiger partial charge in [0.1, 0.15) is 4.60 Å². The molecule has 0 fully saturated rings. The third-order valence-electron chi connectivity index (χ3n) is 1.64. The van der Waals surface area contributed by atoms with Crippen LogP contribution >= 0.6 is 15.9 Å². The zero-order valence-electron chi connectivity index (χ0n) is 8.13. The van der Waals surface area contributed by atoms with Gasteiger partial charge in [-0.1, -0.05) is 13.8 Å². The second kappa shape index (κ2) is 4.56. The van der Waals surface area contributed by atoms with Crippen LogP contribution in [0.3, 0.4) is 0 Å². The molecule has 0 amide bonds. The quantitative estimate of drug-likeness (QED) is 0.831. The number of hydrogen-bond acceptors (Lipinski definition) is 3. The van der Waals surface area contributed by atoms with Gasteiger partial charge in [0.25, 0.3) is 0 Å². The molecule has 4 heteroatoms. The minimum absolute atomic E-state index is 0.428. The molecule has 0 atom stereocenters. The fourth-order valence-corrected chi connectivity index (χ4v) is 1.37. The van der Waals surface area contributed by atoms with Gasteiger partial charge in [0.2, 0.25) is 5.95 Å². The topological polar surface area (TPSA) is 37.8 Å². The Morgan fingerprint density at radius 1 is 1.46 bits per heavy atom. The van der Waals surface area contributed by atoms with Crippen molar-refractivity contribution in [3.8, 4) is 0 Å². The first-order valence-corrected chi connectivity index (χ1v) is 5.21. The molecule has 0 radical (unpaired) electrons. The molecule has 0 unspecified atom stereocenters. The van der Waals surface area contributed by atoms with Crippen LogP contribution in [0.5, 0.6) is 0 Å². The fraction of sp³-hybridized carbons (Fsp3) is 0.556. The Balaban J connectivity index is 2.96. The lowest BCUT2D eigenvalue weighted by molar-refractivity contribution is 0.811. The second-order valence-electron chi connectivity index (χ2n) is 3.12. The summed E-state index contributed by atoms with van der Waals surface area (Å²) < 4.78 is 0.835. The predicted molar refractivity (Wildman–Crippen MR) is 58.0 cm³/mol. The minimum atomic E-state index is 0.428. The van der Waals surface area contributed by atoms with Crippen molar-refractivity contribution in [3.05, 3.63) is 16.4 Å². The Morgan fingerprint density at radius 3 is 2.69 bits per heavy atom. The summed E-state index contributed by atoms with van der Waals surface area (Å²) in [4.78, 5) is 8.57. The van der Waals surface area contributed by atoms with E-state index in [4.69, 9.17) is 0 Å². The average molecular weight is 244 g/mol. The normalized spacial score (nSPS) is 10.5. The highest BCUT2D eigenvalue weighted by Gasteiger charge is 2.05. The molecule has 13 heavy (non-hydrogen) atoms. The molecule has 1 aromatic rings. The molecular weight excluding hydrogens is 230 g/mol. The molecule has 1 rings (SSSR count).